The lowest BCUT2D eigenvalue weighted by Crippen LogP contribution is -2.47. The predicted molar refractivity (Wildman–Crippen MR) is 75.2 cm³/mol. The van der Waals surface area contributed by atoms with E-state index in [0.29, 0.717) is 10.9 Å². The summed E-state index contributed by atoms with van der Waals surface area (Å²) in [6.07, 6.45) is 0.301. The zero-order chi connectivity index (χ0) is 14.6. The highest BCUT2D eigenvalue weighted by molar-refractivity contribution is 9.10. The van der Waals surface area contributed by atoms with E-state index in [1.54, 1.807) is 12.3 Å². The first-order valence-electron chi connectivity index (χ1n) is 5.34. The SMILES string of the molecule is CCC(NC(C)=O)C(=O)NS(=O)(=O)c1cc(Br)cs1. The Morgan fingerprint density at radius 3 is 2.53 bits per heavy atom. The lowest BCUT2D eigenvalue weighted by atomic mass is 10.2. The molecule has 2 N–H and O–H groups in total. The first-order chi connectivity index (χ1) is 8.76. The molecule has 6 nitrogen and oxygen atoms in total. The Kier molecular flexibility index (Phi) is 5.50. The number of carbonyl (C=O) groups is 2. The van der Waals surface area contributed by atoms with Crippen molar-refractivity contribution in [2.24, 2.45) is 0 Å². The van der Waals surface area contributed by atoms with Gasteiger partial charge in [0.1, 0.15) is 10.3 Å². The first kappa shape index (κ1) is 16.1. The molecule has 1 atom stereocenters. The van der Waals surface area contributed by atoms with E-state index in [9.17, 15) is 18.0 Å². The summed E-state index contributed by atoms with van der Waals surface area (Å²) in [4.78, 5) is 22.7. The van der Waals surface area contributed by atoms with Crippen LogP contribution in [-0.2, 0) is 19.6 Å². The van der Waals surface area contributed by atoms with Gasteiger partial charge in [0.05, 0.1) is 0 Å². The third kappa shape index (κ3) is 4.59. The molecule has 0 aliphatic rings. The fourth-order valence-electron chi connectivity index (χ4n) is 1.29. The van der Waals surface area contributed by atoms with E-state index in [-0.39, 0.29) is 4.21 Å². The van der Waals surface area contributed by atoms with Crippen LogP contribution in [0.1, 0.15) is 20.3 Å². The van der Waals surface area contributed by atoms with Crippen LogP contribution in [0.2, 0.25) is 0 Å². The third-order valence-electron chi connectivity index (χ3n) is 2.15. The van der Waals surface area contributed by atoms with Gasteiger partial charge in [-0.1, -0.05) is 6.92 Å². The van der Waals surface area contributed by atoms with Crippen molar-refractivity contribution in [3.63, 3.8) is 0 Å². The van der Waals surface area contributed by atoms with E-state index < -0.39 is 27.9 Å². The predicted octanol–water partition coefficient (Wildman–Crippen LogP) is 1.23. The molecule has 0 bridgehead atoms. The average Bonchev–Trinajstić information content (AvgIpc) is 2.72. The van der Waals surface area contributed by atoms with Gasteiger partial charge in [0.15, 0.2) is 0 Å². The summed E-state index contributed by atoms with van der Waals surface area (Å²) in [5.41, 5.74) is 0. The average molecular weight is 369 g/mol. The Bertz CT molecular complexity index is 582. The number of rotatable bonds is 5. The Labute approximate surface area is 123 Å². The maximum atomic E-state index is 11.9. The fourth-order valence-corrected chi connectivity index (χ4v) is 4.16. The Morgan fingerprint density at radius 2 is 2.11 bits per heavy atom. The molecule has 0 aliphatic carbocycles. The van der Waals surface area contributed by atoms with Crippen LogP contribution < -0.4 is 10.0 Å². The van der Waals surface area contributed by atoms with Crippen LogP contribution in [0.4, 0.5) is 0 Å². The molecular weight excluding hydrogens is 356 g/mol. The molecule has 1 aromatic rings. The molecule has 19 heavy (non-hydrogen) atoms. The van der Waals surface area contributed by atoms with E-state index in [1.165, 1.54) is 13.0 Å². The van der Waals surface area contributed by atoms with E-state index in [0.717, 1.165) is 11.3 Å². The van der Waals surface area contributed by atoms with E-state index in [4.69, 9.17) is 0 Å². The van der Waals surface area contributed by atoms with Crippen LogP contribution >= 0.6 is 27.3 Å². The lowest BCUT2D eigenvalue weighted by Gasteiger charge is -2.15. The van der Waals surface area contributed by atoms with Gasteiger partial charge in [-0.05, 0) is 28.4 Å². The summed E-state index contributed by atoms with van der Waals surface area (Å²) in [5.74, 6) is -1.14. The number of thiophene rings is 1. The lowest BCUT2D eigenvalue weighted by molar-refractivity contribution is -0.127. The van der Waals surface area contributed by atoms with Gasteiger partial charge in [-0.2, -0.15) is 0 Å². The number of carbonyl (C=O) groups excluding carboxylic acids is 2. The highest BCUT2D eigenvalue weighted by Gasteiger charge is 2.25. The second kappa shape index (κ2) is 6.49. The van der Waals surface area contributed by atoms with Crippen molar-refractivity contribution in [2.45, 2.75) is 30.5 Å². The highest BCUT2D eigenvalue weighted by atomic mass is 79.9. The Balaban J connectivity index is 2.83. The van der Waals surface area contributed by atoms with Gasteiger partial charge in [0.2, 0.25) is 5.91 Å². The topological polar surface area (TPSA) is 92.3 Å². The number of hydrogen-bond acceptors (Lipinski definition) is 5. The van der Waals surface area contributed by atoms with Crippen molar-refractivity contribution in [1.82, 2.24) is 10.0 Å². The summed E-state index contributed by atoms with van der Waals surface area (Å²) in [6, 6.07) is 0.537. The van der Waals surface area contributed by atoms with Gasteiger partial charge in [-0.25, -0.2) is 13.1 Å². The molecule has 106 valence electrons. The van der Waals surface area contributed by atoms with Crippen LogP contribution in [0.5, 0.6) is 0 Å². The van der Waals surface area contributed by atoms with E-state index >= 15 is 0 Å². The second-order valence-corrected chi connectivity index (χ2v) is 7.45. The monoisotopic (exact) mass is 368 g/mol. The van der Waals surface area contributed by atoms with Crippen molar-refractivity contribution in [2.75, 3.05) is 0 Å². The standard InChI is InChI=1S/C10H13BrN2O4S2/c1-3-8(12-6(2)14)10(15)13-19(16,17)9-4-7(11)5-18-9/h4-5,8H,3H2,1-2H3,(H,12,14)(H,13,15). The normalized spacial score (nSPS) is 12.8. The molecule has 0 radical (unpaired) electrons. The summed E-state index contributed by atoms with van der Waals surface area (Å²) >= 11 is 4.14. The van der Waals surface area contributed by atoms with Crippen molar-refractivity contribution >= 4 is 49.1 Å². The summed E-state index contributed by atoms with van der Waals surface area (Å²) in [7, 11) is -3.89. The third-order valence-corrected chi connectivity index (χ3v) is 5.69. The van der Waals surface area contributed by atoms with Crippen LogP contribution in [0, 0.1) is 0 Å². The van der Waals surface area contributed by atoms with E-state index in [1.807, 2.05) is 4.72 Å². The van der Waals surface area contributed by atoms with Gasteiger partial charge >= 0.3 is 0 Å². The molecule has 1 rings (SSSR count). The molecule has 1 heterocycles. The number of nitrogens with one attached hydrogen (secondary N) is 2. The van der Waals surface area contributed by atoms with Crippen molar-refractivity contribution < 1.29 is 18.0 Å². The fraction of sp³-hybridized carbons (Fsp3) is 0.400. The van der Waals surface area contributed by atoms with Gasteiger partial charge in [0, 0.05) is 16.8 Å². The quantitative estimate of drug-likeness (QED) is 0.817. The Hall–Kier alpha value is -0.930. The number of halogens is 1. The maximum absolute atomic E-state index is 11.9. The molecule has 0 aliphatic heterocycles. The molecule has 0 fully saturated rings. The van der Waals surface area contributed by atoms with Gasteiger partial charge in [0.25, 0.3) is 15.9 Å². The zero-order valence-electron chi connectivity index (χ0n) is 10.3. The molecule has 2 amide bonds. The molecule has 9 heteroatoms. The number of amides is 2. The molecule has 0 spiro atoms. The zero-order valence-corrected chi connectivity index (χ0v) is 13.5. The van der Waals surface area contributed by atoms with Crippen molar-refractivity contribution in [1.29, 1.82) is 0 Å². The van der Waals surface area contributed by atoms with Crippen LogP contribution in [0.15, 0.2) is 20.1 Å². The minimum absolute atomic E-state index is 0.0328. The van der Waals surface area contributed by atoms with Crippen LogP contribution in [-0.4, -0.2) is 26.3 Å². The van der Waals surface area contributed by atoms with Crippen LogP contribution in [0.25, 0.3) is 0 Å². The van der Waals surface area contributed by atoms with Gasteiger partial charge in [-0.3, -0.25) is 9.59 Å². The summed E-state index contributed by atoms with van der Waals surface area (Å²) < 4.78 is 26.4. The van der Waals surface area contributed by atoms with Crippen molar-refractivity contribution in [3.05, 3.63) is 15.9 Å². The second-order valence-electron chi connectivity index (χ2n) is 3.72. The van der Waals surface area contributed by atoms with E-state index in [2.05, 4.69) is 21.2 Å². The molecule has 0 saturated heterocycles. The maximum Gasteiger partial charge on any atom is 0.273 e. The highest BCUT2D eigenvalue weighted by Crippen LogP contribution is 2.23. The molecular formula is C10H13BrN2O4S2. The molecule has 0 aromatic carbocycles. The minimum atomic E-state index is -3.89. The van der Waals surface area contributed by atoms with Gasteiger partial charge < -0.3 is 5.32 Å². The Morgan fingerprint density at radius 1 is 1.47 bits per heavy atom. The summed E-state index contributed by atoms with van der Waals surface area (Å²) in [5, 5.41) is 3.99. The van der Waals surface area contributed by atoms with Gasteiger partial charge in [-0.15, -0.1) is 11.3 Å². The van der Waals surface area contributed by atoms with Crippen molar-refractivity contribution in [3.8, 4) is 0 Å². The largest absolute Gasteiger partial charge is 0.345 e. The summed E-state index contributed by atoms with van der Waals surface area (Å²) in [6.45, 7) is 2.94. The molecule has 0 saturated carbocycles. The number of hydrogen-bond donors (Lipinski definition) is 2. The minimum Gasteiger partial charge on any atom is -0.345 e. The van der Waals surface area contributed by atoms with Crippen LogP contribution in [0.3, 0.4) is 0 Å². The number of sulfonamides is 1. The first-order valence-corrected chi connectivity index (χ1v) is 8.49. The molecule has 1 unspecified atom stereocenters. The molecule has 1 aromatic heterocycles. The smallest absolute Gasteiger partial charge is 0.273 e.